The Bertz CT molecular complexity index is 3490. The van der Waals surface area contributed by atoms with Gasteiger partial charge in [-0.3, -0.25) is 0 Å². The number of hydrogen-bond donors (Lipinski definition) is 1. The first-order valence-corrected chi connectivity index (χ1v) is 19.6. The molecule has 0 bridgehead atoms. The Morgan fingerprint density at radius 2 is 1.05 bits per heavy atom. The number of hydrogen-bond acceptors (Lipinski definition) is 5. The van der Waals surface area contributed by atoms with E-state index in [1.807, 2.05) is 36.4 Å². The number of nitrogens with one attached hydrogen (secondary N) is 1. The monoisotopic (exact) mass is 743 g/mol. The van der Waals surface area contributed by atoms with E-state index in [1.165, 1.54) is 5.39 Å². The Balaban J connectivity index is 1.08. The number of fused-ring (bicyclic) bond motifs is 8. The van der Waals surface area contributed by atoms with Gasteiger partial charge in [-0.15, -0.1) is 0 Å². The van der Waals surface area contributed by atoms with E-state index in [4.69, 9.17) is 18.8 Å². The normalized spacial score (nSPS) is 14.4. The van der Waals surface area contributed by atoms with Crippen LogP contribution in [0.3, 0.4) is 0 Å². The van der Waals surface area contributed by atoms with E-state index in [-0.39, 0.29) is 0 Å². The predicted molar refractivity (Wildman–Crippen MR) is 239 cm³/mol. The molecule has 0 amide bonds. The highest BCUT2D eigenvalue weighted by Gasteiger charge is 2.26. The van der Waals surface area contributed by atoms with Crippen molar-refractivity contribution < 1.29 is 8.83 Å². The Morgan fingerprint density at radius 3 is 1.88 bits per heavy atom. The molecule has 1 N–H and O–H groups in total. The van der Waals surface area contributed by atoms with E-state index in [1.54, 1.807) is 0 Å². The summed E-state index contributed by atoms with van der Waals surface area (Å²) in [6, 6.07) is 65.7. The first-order valence-electron chi connectivity index (χ1n) is 19.6. The molecule has 3 heterocycles. The summed E-state index contributed by atoms with van der Waals surface area (Å²) in [5.74, 6) is 1.47. The summed E-state index contributed by atoms with van der Waals surface area (Å²) in [6.45, 7) is 0. The lowest BCUT2D eigenvalue weighted by atomic mass is 9.89. The lowest BCUT2D eigenvalue weighted by Gasteiger charge is -2.24. The summed E-state index contributed by atoms with van der Waals surface area (Å²) in [6.07, 6.45) is -0.526. The van der Waals surface area contributed by atoms with Crippen molar-refractivity contribution in [3.8, 4) is 22.3 Å². The third-order valence-electron chi connectivity index (χ3n) is 11.5. The SMILES string of the molecule is c1ccc(C2=NC(c3ccc(-c4cc(-c5ccccc5)cc5oc6cc7ccccc7cc6c45)c4ccccc34)N=C(c3cccc4c3oc3ccccc34)N2)cc1. The van der Waals surface area contributed by atoms with Crippen molar-refractivity contribution in [1.29, 1.82) is 0 Å². The predicted octanol–water partition coefficient (Wildman–Crippen LogP) is 13.6. The van der Waals surface area contributed by atoms with Crippen LogP contribution < -0.4 is 5.32 Å². The fourth-order valence-corrected chi connectivity index (χ4v) is 8.79. The lowest BCUT2D eigenvalue weighted by Crippen LogP contribution is -2.36. The number of aliphatic imine (C=N–C) groups is 2. The van der Waals surface area contributed by atoms with Crippen molar-refractivity contribution in [1.82, 2.24) is 5.32 Å². The number of rotatable bonds is 5. The smallest absolute Gasteiger partial charge is 0.170 e. The highest BCUT2D eigenvalue weighted by atomic mass is 16.3. The van der Waals surface area contributed by atoms with Crippen LogP contribution in [0.2, 0.25) is 0 Å². The summed E-state index contributed by atoms with van der Waals surface area (Å²) in [7, 11) is 0. The van der Waals surface area contributed by atoms with Gasteiger partial charge in [0.05, 0.1) is 5.56 Å². The highest BCUT2D eigenvalue weighted by Crippen LogP contribution is 2.45. The molecule has 0 saturated carbocycles. The minimum atomic E-state index is -0.526. The summed E-state index contributed by atoms with van der Waals surface area (Å²) in [5, 5.41) is 12.5. The van der Waals surface area contributed by atoms with Crippen LogP contribution in [0, 0.1) is 0 Å². The van der Waals surface area contributed by atoms with Gasteiger partial charge < -0.3 is 14.2 Å². The topological polar surface area (TPSA) is 63.0 Å². The third kappa shape index (κ3) is 5.17. The van der Waals surface area contributed by atoms with Gasteiger partial charge in [-0.1, -0.05) is 152 Å². The van der Waals surface area contributed by atoms with E-state index in [0.29, 0.717) is 5.84 Å². The zero-order chi connectivity index (χ0) is 38.2. The van der Waals surface area contributed by atoms with E-state index < -0.39 is 6.17 Å². The molecule has 2 aromatic heterocycles. The zero-order valence-corrected chi connectivity index (χ0v) is 31.2. The molecule has 0 saturated heterocycles. The molecule has 1 aliphatic heterocycles. The Labute approximate surface area is 333 Å². The van der Waals surface area contributed by atoms with Crippen LogP contribution in [0.1, 0.15) is 22.9 Å². The molecular formula is C53H33N3O2. The molecule has 272 valence electrons. The molecule has 5 heteroatoms. The molecule has 5 nitrogen and oxygen atoms in total. The maximum atomic E-state index is 6.72. The van der Waals surface area contributed by atoms with Crippen LogP contribution in [0.15, 0.2) is 207 Å². The maximum absolute atomic E-state index is 6.72. The van der Waals surface area contributed by atoms with Gasteiger partial charge in [0, 0.05) is 32.7 Å². The second kappa shape index (κ2) is 12.9. The van der Waals surface area contributed by atoms with E-state index in [2.05, 4.69) is 157 Å². The number of furan rings is 2. The van der Waals surface area contributed by atoms with Crippen LogP contribution in [-0.2, 0) is 0 Å². The molecule has 0 radical (unpaired) electrons. The molecule has 1 atom stereocenters. The van der Waals surface area contributed by atoms with Crippen molar-refractivity contribution in [2.24, 2.45) is 9.98 Å². The fraction of sp³-hybridized carbons (Fsp3) is 0.0189. The molecule has 0 spiro atoms. The van der Waals surface area contributed by atoms with Crippen molar-refractivity contribution in [2.75, 3.05) is 0 Å². The van der Waals surface area contributed by atoms with Gasteiger partial charge >= 0.3 is 0 Å². The van der Waals surface area contributed by atoms with Crippen LogP contribution in [0.4, 0.5) is 0 Å². The fourth-order valence-electron chi connectivity index (χ4n) is 8.79. The molecular weight excluding hydrogens is 711 g/mol. The number of para-hydroxylation sites is 2. The average Bonchev–Trinajstić information content (AvgIpc) is 3.86. The van der Waals surface area contributed by atoms with E-state index in [9.17, 15) is 0 Å². The van der Waals surface area contributed by atoms with Crippen molar-refractivity contribution in [3.05, 3.63) is 205 Å². The minimum absolute atomic E-state index is 0.526. The molecule has 12 rings (SSSR count). The second-order valence-electron chi connectivity index (χ2n) is 14.9. The van der Waals surface area contributed by atoms with Gasteiger partial charge in [0.2, 0.25) is 0 Å². The standard InChI is InChI=1S/C53H33N3O2/c1-3-14-32(15-4-1)36-29-44(49-45-28-34-18-7-8-19-35(34)30-47(45)57-48(49)31-36)39-26-27-42(38-21-10-9-20-37(38)39)52-54-51(33-16-5-2-6-17-33)55-53(56-52)43-24-13-23-41-40-22-11-12-25-46(40)58-50(41)43/h1-31,52H,(H,54,55,56). The van der Waals surface area contributed by atoms with Crippen LogP contribution in [-0.4, -0.2) is 11.7 Å². The van der Waals surface area contributed by atoms with Gasteiger partial charge in [-0.2, -0.15) is 0 Å². The third-order valence-corrected chi connectivity index (χ3v) is 11.5. The first kappa shape index (κ1) is 32.5. The van der Waals surface area contributed by atoms with Gasteiger partial charge in [-0.25, -0.2) is 9.98 Å². The van der Waals surface area contributed by atoms with Crippen LogP contribution in [0.5, 0.6) is 0 Å². The van der Waals surface area contributed by atoms with Gasteiger partial charge in [0.25, 0.3) is 0 Å². The Morgan fingerprint density at radius 1 is 0.379 bits per heavy atom. The van der Waals surface area contributed by atoms with Gasteiger partial charge in [-0.05, 0) is 80.2 Å². The van der Waals surface area contributed by atoms with E-state index >= 15 is 0 Å². The molecule has 1 unspecified atom stereocenters. The summed E-state index contributed by atoms with van der Waals surface area (Å²) < 4.78 is 13.2. The first-order chi connectivity index (χ1) is 28.7. The van der Waals surface area contributed by atoms with Crippen LogP contribution >= 0.6 is 0 Å². The zero-order valence-electron chi connectivity index (χ0n) is 31.2. The van der Waals surface area contributed by atoms with Crippen molar-refractivity contribution >= 4 is 77.1 Å². The van der Waals surface area contributed by atoms with Crippen molar-refractivity contribution in [2.45, 2.75) is 6.17 Å². The van der Waals surface area contributed by atoms with Gasteiger partial charge in [0.1, 0.15) is 34.0 Å². The highest BCUT2D eigenvalue weighted by molar-refractivity contribution is 6.22. The summed E-state index contributed by atoms with van der Waals surface area (Å²) >= 11 is 0. The minimum Gasteiger partial charge on any atom is -0.456 e. The Kier molecular flexibility index (Phi) is 7.23. The molecule has 1 aliphatic rings. The maximum Gasteiger partial charge on any atom is 0.170 e. The Hall–Kier alpha value is -7.76. The number of amidine groups is 2. The van der Waals surface area contributed by atoms with Crippen molar-refractivity contribution in [3.63, 3.8) is 0 Å². The number of nitrogens with zero attached hydrogens (tertiary/aromatic N) is 2. The molecule has 0 aliphatic carbocycles. The molecule has 9 aromatic carbocycles. The van der Waals surface area contributed by atoms with Crippen LogP contribution in [0.25, 0.3) is 87.7 Å². The average molecular weight is 744 g/mol. The van der Waals surface area contributed by atoms with Gasteiger partial charge in [0.15, 0.2) is 6.17 Å². The van der Waals surface area contributed by atoms with E-state index in [0.717, 1.165) is 105 Å². The number of benzene rings is 9. The molecule has 11 aromatic rings. The summed E-state index contributed by atoms with van der Waals surface area (Å²) in [4.78, 5) is 10.7. The largest absolute Gasteiger partial charge is 0.456 e. The summed E-state index contributed by atoms with van der Waals surface area (Å²) in [5.41, 5.74) is 10.7. The lowest BCUT2D eigenvalue weighted by molar-refractivity contribution is 0.667. The molecule has 0 fully saturated rings. The second-order valence-corrected chi connectivity index (χ2v) is 14.9. The quantitative estimate of drug-likeness (QED) is 0.191. The molecule has 58 heavy (non-hydrogen) atoms.